The predicted molar refractivity (Wildman–Crippen MR) is 203 cm³/mol. The highest BCUT2D eigenvalue weighted by Crippen LogP contribution is 2.48. The predicted octanol–water partition coefficient (Wildman–Crippen LogP) is 12.2. The molecule has 0 saturated carbocycles. The summed E-state index contributed by atoms with van der Waals surface area (Å²) in [4.78, 5) is 8.12. The minimum Gasteiger partial charge on any atom is -0.368 e. The van der Waals surface area contributed by atoms with Gasteiger partial charge in [0, 0.05) is 43.4 Å². The third-order valence-corrected chi connectivity index (χ3v) is 11.5. The normalized spacial score (nSPS) is 16.1. The van der Waals surface area contributed by atoms with E-state index >= 15 is 0 Å². The van der Waals surface area contributed by atoms with Crippen molar-refractivity contribution in [3.05, 3.63) is 175 Å². The van der Waals surface area contributed by atoms with Crippen LogP contribution in [-0.2, 0) is 0 Å². The van der Waals surface area contributed by atoms with Crippen molar-refractivity contribution in [2.24, 2.45) is 0 Å². The van der Waals surface area contributed by atoms with Gasteiger partial charge in [-0.1, -0.05) is 157 Å². The van der Waals surface area contributed by atoms with Crippen molar-refractivity contribution < 1.29 is 0 Å². The molecule has 0 bridgehead atoms. The lowest BCUT2D eigenvalue weighted by Gasteiger charge is -2.18. The molecule has 3 nitrogen and oxygen atoms in total. The fourth-order valence-corrected chi connectivity index (χ4v) is 8.82. The number of para-hydroxylation sites is 2. The van der Waals surface area contributed by atoms with Gasteiger partial charge >= 0.3 is 0 Å². The van der Waals surface area contributed by atoms with Crippen LogP contribution in [0.15, 0.2) is 174 Å². The molecule has 9 rings (SSSR count). The summed E-state index contributed by atoms with van der Waals surface area (Å²) in [7, 11) is 0. The van der Waals surface area contributed by atoms with E-state index in [0.29, 0.717) is 0 Å². The highest BCUT2D eigenvalue weighted by molar-refractivity contribution is 8.00. The Morgan fingerprint density at radius 3 is 1.21 bits per heavy atom. The third kappa shape index (κ3) is 5.45. The quantitative estimate of drug-likeness (QED) is 0.187. The number of nitrogens with one attached hydrogen (secondary N) is 2. The Morgan fingerprint density at radius 1 is 0.396 bits per heavy atom. The molecule has 2 atom stereocenters. The number of fused-ring (bicyclic) bond motifs is 2. The van der Waals surface area contributed by atoms with Gasteiger partial charge in [-0.25, -0.2) is 4.98 Å². The summed E-state index contributed by atoms with van der Waals surface area (Å²) in [5.74, 6) is 0. The second kappa shape index (κ2) is 12.4. The molecule has 6 aromatic carbocycles. The number of pyridine rings is 1. The van der Waals surface area contributed by atoms with Gasteiger partial charge < -0.3 is 10.6 Å². The van der Waals surface area contributed by atoms with E-state index in [2.05, 4.69) is 174 Å². The Bertz CT molecular complexity index is 2030. The van der Waals surface area contributed by atoms with Crippen LogP contribution in [0.2, 0.25) is 0 Å². The summed E-state index contributed by atoms with van der Waals surface area (Å²) in [6.07, 6.45) is 0. The molecule has 2 aliphatic heterocycles. The summed E-state index contributed by atoms with van der Waals surface area (Å²) in [5.41, 5.74) is 13.6. The van der Waals surface area contributed by atoms with Crippen LogP contribution in [0.5, 0.6) is 0 Å². The molecule has 230 valence electrons. The average Bonchev–Trinajstić information content (AvgIpc) is 3.80. The molecule has 3 heterocycles. The van der Waals surface area contributed by atoms with E-state index in [9.17, 15) is 0 Å². The Hall–Kier alpha value is -5.23. The lowest BCUT2D eigenvalue weighted by molar-refractivity contribution is 1.13. The van der Waals surface area contributed by atoms with Gasteiger partial charge in [0.15, 0.2) is 0 Å². The van der Waals surface area contributed by atoms with Crippen molar-refractivity contribution >= 4 is 34.9 Å². The Labute approximate surface area is 289 Å². The van der Waals surface area contributed by atoms with Crippen LogP contribution in [0.1, 0.15) is 21.9 Å². The van der Waals surface area contributed by atoms with E-state index < -0.39 is 0 Å². The number of benzene rings is 6. The number of rotatable bonds is 6. The van der Waals surface area contributed by atoms with Gasteiger partial charge in [-0.05, 0) is 52.6 Å². The molecule has 0 aliphatic carbocycles. The molecule has 48 heavy (non-hydrogen) atoms. The zero-order chi connectivity index (χ0) is 31.9. The number of nitrogens with zero attached hydrogens (tertiary/aromatic N) is 1. The maximum Gasteiger partial charge on any atom is 0.103 e. The summed E-state index contributed by atoms with van der Waals surface area (Å²) in [5, 5.41) is 7.73. The van der Waals surface area contributed by atoms with Crippen LogP contribution >= 0.6 is 23.5 Å². The van der Waals surface area contributed by atoms with E-state index in [1.807, 2.05) is 23.5 Å². The number of thioether (sulfide) groups is 2. The fourth-order valence-electron chi connectivity index (χ4n) is 6.54. The van der Waals surface area contributed by atoms with Gasteiger partial charge in [0.05, 0.1) is 11.4 Å². The van der Waals surface area contributed by atoms with Gasteiger partial charge in [-0.15, -0.1) is 0 Å². The van der Waals surface area contributed by atoms with E-state index in [4.69, 9.17) is 4.98 Å². The van der Waals surface area contributed by atoms with Crippen molar-refractivity contribution in [1.29, 1.82) is 0 Å². The molecular weight excluding hydrogens is 623 g/mol. The SMILES string of the molecule is c1ccc(-c2cc(-c3ccccc3)c(-c3ccc(C4Nc5ccccc5S4)cc3)nc2-c2ccc(C3Nc4ccccc4S3)cc2)cc1. The topological polar surface area (TPSA) is 37.0 Å². The van der Waals surface area contributed by atoms with Crippen molar-refractivity contribution in [1.82, 2.24) is 4.98 Å². The number of anilines is 2. The number of aromatic nitrogens is 1. The first kappa shape index (κ1) is 29.0. The van der Waals surface area contributed by atoms with Gasteiger partial charge in [0.2, 0.25) is 0 Å². The van der Waals surface area contributed by atoms with Crippen molar-refractivity contribution in [3.63, 3.8) is 0 Å². The second-order valence-corrected chi connectivity index (χ2v) is 14.3. The lowest BCUT2D eigenvalue weighted by atomic mass is 9.91. The van der Waals surface area contributed by atoms with Gasteiger partial charge in [0.25, 0.3) is 0 Å². The molecule has 7 aromatic rings. The monoisotopic (exact) mass is 653 g/mol. The van der Waals surface area contributed by atoms with Crippen LogP contribution in [0, 0.1) is 0 Å². The Kier molecular flexibility index (Phi) is 7.49. The molecule has 5 heteroatoms. The van der Waals surface area contributed by atoms with Gasteiger partial charge in [-0.3, -0.25) is 0 Å². The molecule has 0 amide bonds. The second-order valence-electron chi connectivity index (χ2n) is 12.0. The highest BCUT2D eigenvalue weighted by atomic mass is 32.2. The molecule has 0 spiro atoms. The molecule has 2 N–H and O–H groups in total. The molecule has 2 aliphatic rings. The number of hydrogen-bond acceptors (Lipinski definition) is 5. The molecule has 0 radical (unpaired) electrons. The molecule has 0 saturated heterocycles. The maximum atomic E-state index is 5.54. The summed E-state index contributed by atoms with van der Waals surface area (Å²) in [6.45, 7) is 0. The van der Waals surface area contributed by atoms with Crippen molar-refractivity contribution in [3.8, 4) is 44.8 Å². The summed E-state index contributed by atoms with van der Waals surface area (Å²) >= 11 is 3.73. The van der Waals surface area contributed by atoms with E-state index in [1.54, 1.807) is 0 Å². The zero-order valence-corrected chi connectivity index (χ0v) is 27.6. The van der Waals surface area contributed by atoms with Crippen molar-refractivity contribution in [2.75, 3.05) is 10.6 Å². The molecule has 2 unspecified atom stereocenters. The Balaban J connectivity index is 1.13. The lowest BCUT2D eigenvalue weighted by Crippen LogP contribution is -2.02. The molecular formula is C43H31N3S2. The van der Waals surface area contributed by atoms with Gasteiger partial charge in [-0.2, -0.15) is 0 Å². The van der Waals surface area contributed by atoms with Crippen LogP contribution in [0.4, 0.5) is 11.4 Å². The third-order valence-electron chi connectivity index (χ3n) is 9.00. The first-order chi connectivity index (χ1) is 23.8. The largest absolute Gasteiger partial charge is 0.368 e. The van der Waals surface area contributed by atoms with Crippen LogP contribution in [-0.4, -0.2) is 4.98 Å². The summed E-state index contributed by atoms with van der Waals surface area (Å²) in [6, 6.07) is 58.5. The average molecular weight is 654 g/mol. The summed E-state index contributed by atoms with van der Waals surface area (Å²) < 4.78 is 0. The molecule has 1 aromatic heterocycles. The minimum absolute atomic E-state index is 0.188. The highest BCUT2D eigenvalue weighted by Gasteiger charge is 2.25. The number of hydrogen-bond donors (Lipinski definition) is 2. The first-order valence-corrected chi connectivity index (χ1v) is 17.9. The zero-order valence-electron chi connectivity index (χ0n) is 26.0. The fraction of sp³-hybridized carbons (Fsp3) is 0.0465. The smallest absolute Gasteiger partial charge is 0.103 e. The van der Waals surface area contributed by atoms with Gasteiger partial charge in [0.1, 0.15) is 10.7 Å². The first-order valence-electron chi connectivity index (χ1n) is 16.2. The van der Waals surface area contributed by atoms with Crippen LogP contribution in [0.25, 0.3) is 44.8 Å². The van der Waals surface area contributed by atoms with Crippen LogP contribution < -0.4 is 10.6 Å². The van der Waals surface area contributed by atoms with Crippen molar-refractivity contribution in [2.45, 2.75) is 20.5 Å². The Morgan fingerprint density at radius 2 is 0.792 bits per heavy atom. The maximum absolute atomic E-state index is 5.54. The van der Waals surface area contributed by atoms with E-state index in [-0.39, 0.29) is 10.7 Å². The van der Waals surface area contributed by atoms with E-state index in [1.165, 1.54) is 32.3 Å². The van der Waals surface area contributed by atoms with Crippen LogP contribution in [0.3, 0.4) is 0 Å². The molecule has 0 fully saturated rings. The minimum atomic E-state index is 0.188. The standard InChI is InChI=1S/C43H31N3S2/c1-3-11-28(12-4-1)34-27-35(29-13-5-2-6-14-29)41(31-21-25-33(26-22-31)43-45-37-16-8-10-18-39(37)48-43)46-40(34)30-19-23-32(24-20-30)42-44-36-15-7-9-17-38(36)47-42/h1-27,42-45H. The van der Waals surface area contributed by atoms with E-state index in [0.717, 1.165) is 44.8 Å².